The number of nitrogens with two attached hydrogens (primary N) is 1. The zero-order valence-electron chi connectivity index (χ0n) is 9.80. The maximum atomic E-state index is 12.2. The molecule has 1 aromatic rings. The van der Waals surface area contributed by atoms with Crippen LogP contribution in [0.25, 0.3) is 0 Å². The molecule has 0 aliphatic rings. The van der Waals surface area contributed by atoms with Crippen molar-refractivity contribution in [2.24, 2.45) is 0 Å². The highest BCUT2D eigenvalue weighted by atomic mass is 32.2. The smallest absolute Gasteiger partial charge is 0.184 e. The quantitative estimate of drug-likeness (QED) is 0.852. The van der Waals surface area contributed by atoms with Crippen LogP contribution in [0.2, 0.25) is 0 Å². The average molecular weight is 301 g/mol. The van der Waals surface area contributed by atoms with Crippen molar-refractivity contribution in [2.45, 2.75) is 28.2 Å². The number of sulfone groups is 1. The van der Waals surface area contributed by atoms with Crippen LogP contribution in [-0.4, -0.2) is 19.4 Å². The molecule has 0 aliphatic carbocycles. The van der Waals surface area contributed by atoms with Crippen molar-refractivity contribution in [2.75, 3.05) is 11.5 Å². The average Bonchev–Trinajstić information content (AvgIpc) is 2.63. The number of nitrogen functional groups attached to an aromatic ring is 1. The lowest BCUT2D eigenvalue weighted by Crippen LogP contribution is -2.15. The Kier molecular flexibility index (Phi) is 4.63. The van der Waals surface area contributed by atoms with Gasteiger partial charge in [0, 0.05) is 0 Å². The lowest BCUT2D eigenvalue weighted by molar-refractivity contribution is 0.586. The minimum absolute atomic E-state index is 0.000648. The van der Waals surface area contributed by atoms with E-state index >= 15 is 0 Å². The standard InChI is InChI=1S/C10H11N3O2S3/c1-6(2)18(14,15)9-8(13)7(5-12)17-10(9)16-4-3-11/h6H,4,13H2,1-2H3. The molecule has 0 aliphatic heterocycles. The summed E-state index contributed by atoms with van der Waals surface area (Å²) in [4.78, 5) is 0.175. The number of rotatable bonds is 4. The number of nitrogens with zero attached hydrogens (tertiary/aromatic N) is 2. The summed E-state index contributed by atoms with van der Waals surface area (Å²) >= 11 is 2.11. The Morgan fingerprint density at radius 1 is 1.44 bits per heavy atom. The van der Waals surface area contributed by atoms with E-state index in [0.717, 1.165) is 23.1 Å². The summed E-state index contributed by atoms with van der Waals surface area (Å²) in [6.45, 7) is 3.11. The highest BCUT2D eigenvalue weighted by Gasteiger charge is 2.29. The van der Waals surface area contributed by atoms with Crippen LogP contribution in [0.3, 0.4) is 0 Å². The van der Waals surface area contributed by atoms with Crippen LogP contribution in [0.1, 0.15) is 18.7 Å². The van der Waals surface area contributed by atoms with Gasteiger partial charge in [0.1, 0.15) is 15.8 Å². The Labute approximate surface area is 114 Å². The lowest BCUT2D eigenvalue weighted by atomic mass is 10.4. The summed E-state index contributed by atoms with van der Waals surface area (Å²) in [6.07, 6.45) is 0. The lowest BCUT2D eigenvalue weighted by Gasteiger charge is -2.08. The van der Waals surface area contributed by atoms with E-state index in [0.29, 0.717) is 4.21 Å². The second-order valence-corrected chi connectivity index (χ2v) is 8.32. The molecule has 1 heterocycles. The normalized spacial score (nSPS) is 11.2. The fourth-order valence-corrected chi connectivity index (χ4v) is 5.11. The Morgan fingerprint density at radius 2 is 2.06 bits per heavy atom. The SMILES string of the molecule is CC(C)S(=O)(=O)c1c(SCC#N)sc(C#N)c1N. The second kappa shape index (κ2) is 5.61. The summed E-state index contributed by atoms with van der Waals surface area (Å²) in [5, 5.41) is 16.8. The van der Waals surface area contributed by atoms with E-state index in [9.17, 15) is 8.42 Å². The molecule has 8 heteroatoms. The van der Waals surface area contributed by atoms with E-state index in [-0.39, 0.29) is 21.2 Å². The Morgan fingerprint density at radius 3 is 2.50 bits per heavy atom. The molecule has 0 unspecified atom stereocenters. The van der Waals surface area contributed by atoms with Crippen LogP contribution < -0.4 is 5.73 Å². The van der Waals surface area contributed by atoms with Crippen molar-refractivity contribution in [1.29, 1.82) is 10.5 Å². The Balaban J connectivity index is 3.47. The number of thiophene rings is 1. The molecular formula is C10H11N3O2S3. The minimum atomic E-state index is -3.55. The van der Waals surface area contributed by atoms with E-state index in [1.807, 2.05) is 12.1 Å². The van der Waals surface area contributed by atoms with Gasteiger partial charge in [0.05, 0.1) is 27.0 Å². The van der Waals surface area contributed by atoms with Crippen molar-refractivity contribution < 1.29 is 8.42 Å². The monoisotopic (exact) mass is 301 g/mol. The van der Waals surface area contributed by atoms with Gasteiger partial charge in [0.15, 0.2) is 9.84 Å². The zero-order chi connectivity index (χ0) is 13.9. The molecule has 0 saturated carbocycles. The molecule has 0 bridgehead atoms. The molecule has 0 spiro atoms. The van der Waals surface area contributed by atoms with Gasteiger partial charge in [-0.25, -0.2) is 8.42 Å². The fourth-order valence-electron chi connectivity index (χ4n) is 1.19. The largest absolute Gasteiger partial charge is 0.396 e. The molecule has 0 amide bonds. The molecule has 1 rings (SSSR count). The van der Waals surface area contributed by atoms with Gasteiger partial charge in [-0.3, -0.25) is 0 Å². The molecule has 1 aromatic heterocycles. The first-order chi connectivity index (χ1) is 8.36. The number of anilines is 1. The molecule has 0 fully saturated rings. The van der Waals surface area contributed by atoms with Crippen LogP contribution in [0, 0.1) is 22.7 Å². The van der Waals surface area contributed by atoms with Crippen LogP contribution in [-0.2, 0) is 9.84 Å². The summed E-state index contributed by atoms with van der Waals surface area (Å²) in [5.74, 6) is 0.117. The number of nitriles is 2. The third-order valence-corrected chi connectivity index (χ3v) is 6.88. The van der Waals surface area contributed by atoms with E-state index in [4.69, 9.17) is 16.3 Å². The van der Waals surface area contributed by atoms with E-state index in [1.165, 1.54) is 0 Å². The van der Waals surface area contributed by atoms with Gasteiger partial charge in [-0.1, -0.05) is 11.8 Å². The van der Waals surface area contributed by atoms with Gasteiger partial charge in [-0.15, -0.1) is 11.3 Å². The van der Waals surface area contributed by atoms with Crippen molar-refractivity contribution in [3.8, 4) is 12.1 Å². The second-order valence-electron chi connectivity index (χ2n) is 3.61. The fraction of sp³-hybridized carbons (Fsp3) is 0.400. The van der Waals surface area contributed by atoms with Gasteiger partial charge in [0.25, 0.3) is 0 Å². The molecule has 96 valence electrons. The zero-order valence-corrected chi connectivity index (χ0v) is 12.2. The summed E-state index contributed by atoms with van der Waals surface area (Å²) in [7, 11) is -3.55. The number of hydrogen-bond donors (Lipinski definition) is 1. The van der Waals surface area contributed by atoms with E-state index in [1.54, 1.807) is 13.8 Å². The first-order valence-electron chi connectivity index (χ1n) is 4.92. The molecule has 2 N–H and O–H groups in total. The molecule has 18 heavy (non-hydrogen) atoms. The van der Waals surface area contributed by atoms with Gasteiger partial charge in [-0.2, -0.15) is 10.5 Å². The van der Waals surface area contributed by atoms with Crippen LogP contribution in [0.4, 0.5) is 5.69 Å². The number of hydrogen-bond acceptors (Lipinski definition) is 7. The predicted molar refractivity (Wildman–Crippen MR) is 72.1 cm³/mol. The Bertz CT molecular complexity index is 633. The molecule has 0 saturated heterocycles. The van der Waals surface area contributed by atoms with Gasteiger partial charge < -0.3 is 5.73 Å². The van der Waals surface area contributed by atoms with Gasteiger partial charge in [-0.05, 0) is 13.8 Å². The van der Waals surface area contributed by atoms with Crippen molar-refractivity contribution >= 4 is 38.6 Å². The highest BCUT2D eigenvalue weighted by molar-refractivity contribution is 8.02. The molecule has 5 nitrogen and oxygen atoms in total. The topological polar surface area (TPSA) is 108 Å². The predicted octanol–water partition coefficient (Wildman–Crippen LogP) is 2.00. The van der Waals surface area contributed by atoms with E-state index in [2.05, 4.69) is 0 Å². The van der Waals surface area contributed by atoms with Crippen molar-refractivity contribution in [3.63, 3.8) is 0 Å². The third kappa shape index (κ3) is 2.61. The Hall–Kier alpha value is -1.22. The number of thioether (sulfide) groups is 1. The minimum Gasteiger partial charge on any atom is -0.396 e. The summed E-state index contributed by atoms with van der Waals surface area (Å²) in [6, 6.07) is 3.80. The third-order valence-electron chi connectivity index (χ3n) is 2.14. The van der Waals surface area contributed by atoms with E-state index < -0.39 is 15.1 Å². The van der Waals surface area contributed by atoms with Crippen molar-refractivity contribution in [3.05, 3.63) is 4.88 Å². The highest BCUT2D eigenvalue weighted by Crippen LogP contribution is 2.42. The van der Waals surface area contributed by atoms with Gasteiger partial charge in [0.2, 0.25) is 0 Å². The summed E-state index contributed by atoms with van der Waals surface area (Å²) < 4.78 is 24.8. The van der Waals surface area contributed by atoms with Crippen molar-refractivity contribution in [1.82, 2.24) is 0 Å². The maximum absolute atomic E-state index is 12.2. The van der Waals surface area contributed by atoms with Crippen LogP contribution in [0.5, 0.6) is 0 Å². The summed E-state index contributed by atoms with van der Waals surface area (Å²) in [5.41, 5.74) is 5.72. The first-order valence-corrected chi connectivity index (χ1v) is 8.27. The first kappa shape index (κ1) is 14.8. The molecule has 0 atom stereocenters. The molecule has 0 radical (unpaired) electrons. The molecule has 0 aromatic carbocycles. The van der Waals surface area contributed by atoms with Crippen LogP contribution >= 0.6 is 23.1 Å². The maximum Gasteiger partial charge on any atom is 0.184 e. The van der Waals surface area contributed by atoms with Gasteiger partial charge >= 0.3 is 0 Å². The molecular weight excluding hydrogens is 290 g/mol. The van der Waals surface area contributed by atoms with Crippen LogP contribution in [0.15, 0.2) is 9.10 Å².